The van der Waals surface area contributed by atoms with Crippen molar-refractivity contribution >= 4 is 11.8 Å². The first-order valence-electron chi connectivity index (χ1n) is 7.88. The van der Waals surface area contributed by atoms with Crippen LogP contribution in [0.5, 0.6) is 5.75 Å². The van der Waals surface area contributed by atoms with Crippen LogP contribution in [0.15, 0.2) is 41.3 Å². The van der Waals surface area contributed by atoms with Gasteiger partial charge in [0, 0.05) is 25.8 Å². The molecule has 7 heteroatoms. The minimum absolute atomic E-state index is 0.0172. The monoisotopic (exact) mass is 329 g/mol. The van der Waals surface area contributed by atoms with Crippen LogP contribution in [0.4, 0.5) is 0 Å². The van der Waals surface area contributed by atoms with Crippen molar-refractivity contribution < 1.29 is 19.1 Å². The summed E-state index contributed by atoms with van der Waals surface area (Å²) < 4.78 is 5.05. The van der Waals surface area contributed by atoms with E-state index >= 15 is 0 Å². The summed E-state index contributed by atoms with van der Waals surface area (Å²) in [6, 6.07) is 4.72. The highest BCUT2D eigenvalue weighted by Crippen LogP contribution is 2.19. The SMILES string of the molecule is O=C(NCC1CCN(C(=O)c2cncc(O)c2)CC1)c1ccco1. The first-order chi connectivity index (χ1) is 11.6. The molecule has 126 valence electrons. The number of rotatable bonds is 4. The molecule has 0 spiro atoms. The van der Waals surface area contributed by atoms with Gasteiger partial charge < -0.3 is 19.7 Å². The summed E-state index contributed by atoms with van der Waals surface area (Å²) >= 11 is 0. The lowest BCUT2D eigenvalue weighted by molar-refractivity contribution is 0.0682. The molecule has 2 N–H and O–H groups in total. The summed E-state index contributed by atoms with van der Waals surface area (Å²) in [5, 5.41) is 12.3. The molecule has 0 radical (unpaired) electrons. The van der Waals surface area contributed by atoms with Crippen molar-refractivity contribution in [2.75, 3.05) is 19.6 Å². The van der Waals surface area contributed by atoms with Crippen LogP contribution in [0.2, 0.25) is 0 Å². The molecule has 0 aliphatic carbocycles. The van der Waals surface area contributed by atoms with E-state index < -0.39 is 0 Å². The molecule has 1 fully saturated rings. The molecule has 2 aromatic rings. The van der Waals surface area contributed by atoms with Crippen LogP contribution >= 0.6 is 0 Å². The number of hydrogen-bond acceptors (Lipinski definition) is 5. The van der Waals surface area contributed by atoms with Gasteiger partial charge in [0.1, 0.15) is 5.75 Å². The maximum atomic E-state index is 12.4. The van der Waals surface area contributed by atoms with Gasteiger partial charge in [0.25, 0.3) is 11.8 Å². The summed E-state index contributed by atoms with van der Waals surface area (Å²) in [6.45, 7) is 1.81. The first kappa shape index (κ1) is 16.0. The molecule has 0 unspecified atom stereocenters. The Morgan fingerprint density at radius 1 is 1.33 bits per heavy atom. The highest BCUT2D eigenvalue weighted by Gasteiger charge is 2.24. The number of aromatic hydroxyl groups is 1. The summed E-state index contributed by atoms with van der Waals surface area (Å²) in [7, 11) is 0. The highest BCUT2D eigenvalue weighted by molar-refractivity contribution is 5.94. The quantitative estimate of drug-likeness (QED) is 0.889. The molecule has 0 bridgehead atoms. The van der Waals surface area contributed by atoms with Crippen LogP contribution in [-0.2, 0) is 0 Å². The Kier molecular flexibility index (Phi) is 4.79. The van der Waals surface area contributed by atoms with Gasteiger partial charge in [0.05, 0.1) is 18.0 Å². The molecule has 24 heavy (non-hydrogen) atoms. The van der Waals surface area contributed by atoms with Crippen LogP contribution in [0.25, 0.3) is 0 Å². The van der Waals surface area contributed by atoms with Crippen LogP contribution < -0.4 is 5.32 Å². The van der Waals surface area contributed by atoms with Gasteiger partial charge in [-0.1, -0.05) is 0 Å². The molecule has 1 saturated heterocycles. The van der Waals surface area contributed by atoms with Gasteiger partial charge in [-0.05, 0) is 37.0 Å². The summed E-state index contributed by atoms with van der Waals surface area (Å²) in [5.41, 5.74) is 0.388. The van der Waals surface area contributed by atoms with Crippen molar-refractivity contribution in [3.63, 3.8) is 0 Å². The van der Waals surface area contributed by atoms with E-state index in [0.29, 0.717) is 36.9 Å². The van der Waals surface area contributed by atoms with Gasteiger partial charge in [-0.2, -0.15) is 0 Å². The molecule has 0 atom stereocenters. The minimum Gasteiger partial charge on any atom is -0.506 e. The van der Waals surface area contributed by atoms with Crippen LogP contribution in [0.1, 0.15) is 33.8 Å². The Labute approximate surface area is 139 Å². The molecular formula is C17H19N3O4. The Bertz CT molecular complexity index is 706. The van der Waals surface area contributed by atoms with E-state index in [0.717, 1.165) is 12.8 Å². The number of piperidine rings is 1. The second-order valence-corrected chi connectivity index (χ2v) is 5.85. The second-order valence-electron chi connectivity index (χ2n) is 5.85. The van der Waals surface area contributed by atoms with Crippen molar-refractivity contribution in [2.24, 2.45) is 5.92 Å². The van der Waals surface area contributed by atoms with Crippen molar-refractivity contribution in [2.45, 2.75) is 12.8 Å². The fraction of sp³-hybridized carbons (Fsp3) is 0.353. The van der Waals surface area contributed by atoms with Crippen molar-refractivity contribution in [1.82, 2.24) is 15.2 Å². The largest absolute Gasteiger partial charge is 0.506 e. The predicted molar refractivity (Wildman–Crippen MR) is 85.6 cm³/mol. The van der Waals surface area contributed by atoms with Gasteiger partial charge in [-0.15, -0.1) is 0 Å². The van der Waals surface area contributed by atoms with E-state index in [9.17, 15) is 14.7 Å². The summed E-state index contributed by atoms with van der Waals surface area (Å²) in [4.78, 5) is 29.8. The van der Waals surface area contributed by atoms with Crippen molar-refractivity contribution in [3.05, 3.63) is 48.2 Å². The normalized spacial score (nSPS) is 15.2. The number of nitrogens with one attached hydrogen (secondary N) is 1. The number of nitrogens with zero attached hydrogens (tertiary/aromatic N) is 2. The first-order valence-corrected chi connectivity index (χ1v) is 7.88. The van der Waals surface area contributed by atoms with Crippen molar-refractivity contribution in [3.8, 4) is 5.75 Å². The van der Waals surface area contributed by atoms with Crippen LogP contribution in [-0.4, -0.2) is 46.4 Å². The number of carbonyl (C=O) groups is 2. The Balaban J connectivity index is 1.47. The van der Waals surface area contributed by atoms with E-state index in [4.69, 9.17) is 4.42 Å². The smallest absolute Gasteiger partial charge is 0.286 e. The second kappa shape index (κ2) is 7.16. The molecule has 3 heterocycles. The zero-order chi connectivity index (χ0) is 16.9. The number of aromatic nitrogens is 1. The lowest BCUT2D eigenvalue weighted by Crippen LogP contribution is -2.41. The van der Waals surface area contributed by atoms with Crippen LogP contribution in [0, 0.1) is 5.92 Å². The van der Waals surface area contributed by atoms with E-state index in [1.165, 1.54) is 24.7 Å². The maximum absolute atomic E-state index is 12.4. The number of pyridine rings is 1. The highest BCUT2D eigenvalue weighted by atomic mass is 16.3. The van der Waals surface area contributed by atoms with E-state index in [1.54, 1.807) is 17.0 Å². The molecule has 1 aliphatic rings. The molecule has 0 aromatic carbocycles. The molecule has 2 aromatic heterocycles. The fourth-order valence-corrected chi connectivity index (χ4v) is 2.80. The zero-order valence-corrected chi connectivity index (χ0v) is 13.1. The summed E-state index contributed by atoms with van der Waals surface area (Å²) in [5.74, 6) is 0.270. The van der Waals surface area contributed by atoms with E-state index in [2.05, 4.69) is 10.3 Å². The van der Waals surface area contributed by atoms with Gasteiger partial charge in [0.15, 0.2) is 5.76 Å². The molecule has 0 saturated carbocycles. The lowest BCUT2D eigenvalue weighted by Gasteiger charge is -2.32. The topological polar surface area (TPSA) is 95.7 Å². The molecule has 2 amide bonds. The van der Waals surface area contributed by atoms with Crippen molar-refractivity contribution in [1.29, 1.82) is 0 Å². The Morgan fingerprint density at radius 3 is 2.79 bits per heavy atom. The van der Waals surface area contributed by atoms with Gasteiger partial charge >= 0.3 is 0 Å². The number of furan rings is 1. The van der Waals surface area contributed by atoms with Gasteiger partial charge in [-0.3, -0.25) is 14.6 Å². The molecular weight excluding hydrogens is 310 g/mol. The zero-order valence-electron chi connectivity index (χ0n) is 13.1. The predicted octanol–water partition coefficient (Wildman–Crippen LogP) is 1.66. The third-order valence-electron chi connectivity index (χ3n) is 4.17. The number of carbonyl (C=O) groups excluding carboxylic acids is 2. The molecule has 1 aliphatic heterocycles. The maximum Gasteiger partial charge on any atom is 0.286 e. The molecule has 7 nitrogen and oxygen atoms in total. The average Bonchev–Trinajstić information content (AvgIpc) is 3.14. The minimum atomic E-state index is -0.218. The third-order valence-corrected chi connectivity index (χ3v) is 4.17. The average molecular weight is 329 g/mol. The third kappa shape index (κ3) is 3.73. The van der Waals surface area contributed by atoms with E-state index in [-0.39, 0.29) is 17.6 Å². The number of hydrogen-bond donors (Lipinski definition) is 2. The number of amides is 2. The standard InChI is InChI=1S/C17H19N3O4/c21-14-8-13(10-18-11-14)17(23)20-5-3-12(4-6-20)9-19-16(22)15-2-1-7-24-15/h1-2,7-8,10-12,21H,3-6,9H2,(H,19,22). The Hall–Kier alpha value is -2.83. The fourth-order valence-electron chi connectivity index (χ4n) is 2.80. The number of likely N-dealkylation sites (tertiary alicyclic amines) is 1. The van der Waals surface area contributed by atoms with Gasteiger partial charge in [0.2, 0.25) is 0 Å². The molecule has 3 rings (SSSR count). The summed E-state index contributed by atoms with van der Waals surface area (Å²) in [6.07, 6.45) is 5.85. The van der Waals surface area contributed by atoms with Gasteiger partial charge in [-0.25, -0.2) is 0 Å². The van der Waals surface area contributed by atoms with E-state index in [1.807, 2.05) is 0 Å². The Morgan fingerprint density at radius 2 is 2.12 bits per heavy atom. The van der Waals surface area contributed by atoms with Crippen LogP contribution in [0.3, 0.4) is 0 Å². The lowest BCUT2D eigenvalue weighted by atomic mass is 9.96.